The number of amides is 1. The molecule has 0 radical (unpaired) electrons. The van der Waals surface area contributed by atoms with Gasteiger partial charge in [0, 0.05) is 42.5 Å². The minimum absolute atomic E-state index is 0.0880. The van der Waals surface area contributed by atoms with E-state index >= 15 is 0 Å². The Balaban J connectivity index is 1.48. The van der Waals surface area contributed by atoms with E-state index in [-0.39, 0.29) is 11.3 Å². The summed E-state index contributed by atoms with van der Waals surface area (Å²) in [5, 5.41) is 18.4. The van der Waals surface area contributed by atoms with Crippen LogP contribution in [-0.4, -0.2) is 47.2 Å². The number of hydrogen-bond donors (Lipinski definition) is 1. The molecule has 2 aliphatic heterocycles. The van der Waals surface area contributed by atoms with Gasteiger partial charge in [0.15, 0.2) is 0 Å². The third-order valence-corrected chi connectivity index (χ3v) is 6.61. The molecule has 2 aromatic carbocycles. The summed E-state index contributed by atoms with van der Waals surface area (Å²) < 4.78 is 0. The third-order valence-electron chi connectivity index (χ3n) is 6.61. The highest BCUT2D eigenvalue weighted by Gasteiger charge is 2.49. The number of nitriles is 1. The zero-order valence-corrected chi connectivity index (χ0v) is 17.7. The summed E-state index contributed by atoms with van der Waals surface area (Å²) in [7, 11) is 0. The number of nitrogens with zero attached hydrogens (tertiary/aromatic N) is 4. The molecule has 0 unspecified atom stereocenters. The highest BCUT2D eigenvalue weighted by molar-refractivity contribution is 5.98. The van der Waals surface area contributed by atoms with Crippen molar-refractivity contribution >= 4 is 22.5 Å². The highest BCUT2D eigenvalue weighted by Crippen LogP contribution is 2.43. The maximum atomic E-state index is 12.0. The van der Waals surface area contributed by atoms with Crippen molar-refractivity contribution in [2.24, 2.45) is 5.41 Å². The molecule has 5 rings (SSSR count). The second-order valence-electron chi connectivity index (χ2n) is 8.61. The van der Waals surface area contributed by atoms with Gasteiger partial charge in [0.1, 0.15) is 6.07 Å². The van der Waals surface area contributed by atoms with Crippen LogP contribution in [0.5, 0.6) is 0 Å². The van der Waals surface area contributed by atoms with E-state index in [0.29, 0.717) is 5.56 Å². The molecule has 1 aromatic heterocycles. The van der Waals surface area contributed by atoms with Crippen molar-refractivity contribution in [2.45, 2.75) is 20.3 Å². The van der Waals surface area contributed by atoms with Gasteiger partial charge >= 0.3 is 0 Å². The smallest absolute Gasteiger partial charge is 0.298 e. The quantitative estimate of drug-likeness (QED) is 0.658. The number of hydrogen-bond acceptors (Lipinski definition) is 4. The summed E-state index contributed by atoms with van der Waals surface area (Å²) in [5.74, 6) is 5.23. The lowest BCUT2D eigenvalue weighted by molar-refractivity contribution is -0.135. The Kier molecular flexibility index (Phi) is 4.45. The first-order valence-electron chi connectivity index (χ1n) is 10.5. The molecule has 154 valence electrons. The van der Waals surface area contributed by atoms with E-state index < -0.39 is 0 Å². The van der Waals surface area contributed by atoms with Gasteiger partial charge in [-0.25, -0.2) is 0 Å². The van der Waals surface area contributed by atoms with Crippen molar-refractivity contribution in [3.8, 4) is 29.0 Å². The van der Waals surface area contributed by atoms with Crippen LogP contribution in [-0.2, 0) is 4.79 Å². The predicted molar refractivity (Wildman–Crippen MR) is 120 cm³/mol. The molecule has 0 saturated carbocycles. The SMILES string of the molecule is CC#CC(=O)N1CC2(CCN(c3cccc(-c4c(C)ccc5[nH]ncc45)c3C#N)C2)C1. The standard InChI is InChI=1S/C25H23N5O/c1-3-5-23(31)30-15-25(16-30)10-11-29(14-25)22-7-4-6-18(19(22)12-26)24-17(2)8-9-21-20(24)13-27-28-21/h4,6-9,13H,10-11,14-16H2,1-2H3,(H,27,28). The number of rotatable bonds is 2. The Labute approximate surface area is 181 Å². The maximum Gasteiger partial charge on any atom is 0.298 e. The lowest BCUT2D eigenvalue weighted by Gasteiger charge is -2.47. The van der Waals surface area contributed by atoms with Crippen molar-refractivity contribution in [3.05, 3.63) is 47.7 Å². The fraction of sp³-hybridized carbons (Fsp3) is 0.320. The van der Waals surface area contributed by atoms with Crippen LogP contribution >= 0.6 is 0 Å². The van der Waals surface area contributed by atoms with Gasteiger partial charge in [-0.1, -0.05) is 24.1 Å². The van der Waals surface area contributed by atoms with Crippen LogP contribution in [0.15, 0.2) is 36.5 Å². The topological polar surface area (TPSA) is 76.0 Å². The Morgan fingerprint density at radius 2 is 2.06 bits per heavy atom. The van der Waals surface area contributed by atoms with Crippen LogP contribution in [0, 0.1) is 35.5 Å². The van der Waals surface area contributed by atoms with Gasteiger partial charge < -0.3 is 9.80 Å². The van der Waals surface area contributed by atoms with Crippen molar-refractivity contribution in [1.29, 1.82) is 5.26 Å². The molecule has 2 saturated heterocycles. The first-order valence-corrected chi connectivity index (χ1v) is 10.5. The van der Waals surface area contributed by atoms with Gasteiger partial charge in [0.25, 0.3) is 5.91 Å². The number of aromatic nitrogens is 2. The van der Waals surface area contributed by atoms with E-state index in [9.17, 15) is 10.1 Å². The van der Waals surface area contributed by atoms with Crippen LogP contribution in [0.3, 0.4) is 0 Å². The summed E-state index contributed by atoms with van der Waals surface area (Å²) in [5.41, 5.74) is 5.84. The van der Waals surface area contributed by atoms with Gasteiger partial charge in [-0.05, 0) is 49.4 Å². The van der Waals surface area contributed by atoms with E-state index in [1.807, 2.05) is 35.4 Å². The lowest BCUT2D eigenvalue weighted by atomic mass is 9.79. The first-order chi connectivity index (χ1) is 15.0. The molecule has 3 heterocycles. The van der Waals surface area contributed by atoms with Crippen LogP contribution in [0.25, 0.3) is 22.0 Å². The number of benzene rings is 2. The van der Waals surface area contributed by atoms with Gasteiger partial charge in [-0.3, -0.25) is 9.89 Å². The molecule has 6 heteroatoms. The van der Waals surface area contributed by atoms with E-state index in [2.05, 4.69) is 46.0 Å². The molecule has 2 aliphatic rings. The largest absolute Gasteiger partial charge is 0.370 e. The molecule has 2 fully saturated rings. The average Bonchev–Trinajstić information content (AvgIpc) is 3.39. The van der Waals surface area contributed by atoms with Crippen LogP contribution in [0.1, 0.15) is 24.5 Å². The third kappa shape index (κ3) is 3.04. The number of aromatic amines is 1. The summed E-state index contributed by atoms with van der Waals surface area (Å²) in [6, 6.07) is 12.7. The zero-order valence-electron chi connectivity index (χ0n) is 17.7. The van der Waals surface area contributed by atoms with Crippen molar-refractivity contribution in [1.82, 2.24) is 15.1 Å². The number of anilines is 1. The summed E-state index contributed by atoms with van der Waals surface area (Å²) in [6.45, 7) is 6.97. The fourth-order valence-corrected chi connectivity index (χ4v) is 5.11. The number of H-pyrrole nitrogens is 1. The van der Waals surface area contributed by atoms with Crippen LogP contribution in [0.4, 0.5) is 5.69 Å². The molecule has 1 N–H and O–H groups in total. The molecule has 0 aliphatic carbocycles. The second-order valence-corrected chi connectivity index (χ2v) is 8.61. The Morgan fingerprint density at radius 1 is 1.23 bits per heavy atom. The monoisotopic (exact) mass is 409 g/mol. The summed E-state index contributed by atoms with van der Waals surface area (Å²) >= 11 is 0. The predicted octanol–water partition coefficient (Wildman–Crippen LogP) is 3.47. The molecule has 31 heavy (non-hydrogen) atoms. The molecular formula is C25H23N5O. The lowest BCUT2D eigenvalue weighted by Crippen LogP contribution is -2.59. The summed E-state index contributed by atoms with van der Waals surface area (Å²) in [6.07, 6.45) is 2.84. The van der Waals surface area contributed by atoms with Gasteiger partial charge in [0.05, 0.1) is 23.0 Å². The van der Waals surface area contributed by atoms with Gasteiger partial charge in [0.2, 0.25) is 0 Å². The normalized spacial score (nSPS) is 16.7. The Bertz CT molecular complexity index is 1300. The van der Waals surface area contributed by atoms with E-state index in [1.165, 1.54) is 0 Å². The first kappa shape index (κ1) is 19.2. The average molecular weight is 409 g/mol. The second kappa shape index (κ2) is 7.18. The maximum absolute atomic E-state index is 12.0. The number of carbonyl (C=O) groups excluding carboxylic acids is 1. The number of nitrogens with one attached hydrogen (secondary N) is 1. The molecule has 0 bridgehead atoms. The molecule has 1 amide bonds. The molecule has 6 nitrogen and oxygen atoms in total. The van der Waals surface area contributed by atoms with Crippen LogP contribution in [0.2, 0.25) is 0 Å². The van der Waals surface area contributed by atoms with Crippen molar-refractivity contribution < 1.29 is 4.79 Å². The Hall–Kier alpha value is -3.77. The molecule has 0 atom stereocenters. The fourth-order valence-electron chi connectivity index (χ4n) is 5.11. The number of fused-ring (bicyclic) bond motifs is 1. The molecule has 1 spiro atoms. The van der Waals surface area contributed by atoms with Gasteiger partial charge in [-0.15, -0.1) is 0 Å². The number of likely N-dealkylation sites (tertiary alicyclic amines) is 1. The van der Waals surface area contributed by atoms with Gasteiger partial charge in [-0.2, -0.15) is 10.4 Å². The van der Waals surface area contributed by atoms with E-state index in [0.717, 1.165) is 65.9 Å². The van der Waals surface area contributed by atoms with E-state index in [1.54, 1.807) is 6.92 Å². The van der Waals surface area contributed by atoms with E-state index in [4.69, 9.17) is 0 Å². The summed E-state index contributed by atoms with van der Waals surface area (Å²) in [4.78, 5) is 16.2. The highest BCUT2D eigenvalue weighted by atomic mass is 16.2. The minimum atomic E-state index is -0.0880. The number of aryl methyl sites for hydroxylation is 1. The van der Waals surface area contributed by atoms with Crippen LogP contribution < -0.4 is 4.90 Å². The van der Waals surface area contributed by atoms with Crippen molar-refractivity contribution in [3.63, 3.8) is 0 Å². The number of carbonyl (C=O) groups is 1. The van der Waals surface area contributed by atoms with Crippen molar-refractivity contribution in [2.75, 3.05) is 31.1 Å². The molecular weight excluding hydrogens is 386 g/mol. The Morgan fingerprint density at radius 3 is 2.84 bits per heavy atom. The minimum Gasteiger partial charge on any atom is -0.370 e. The molecule has 3 aromatic rings. The zero-order chi connectivity index (χ0) is 21.6.